The highest BCUT2D eigenvalue weighted by atomic mass is 16.5. The molecule has 1 heterocycles. The molecular formula is C17H24N2O. The van der Waals surface area contributed by atoms with Crippen molar-refractivity contribution in [1.82, 2.24) is 10.3 Å². The number of ether oxygens (including phenoxy) is 1. The summed E-state index contributed by atoms with van der Waals surface area (Å²) in [5.41, 5.74) is 2.42. The van der Waals surface area contributed by atoms with E-state index >= 15 is 0 Å². The molecule has 0 fully saturated rings. The number of methoxy groups -OCH3 is 1. The lowest BCUT2D eigenvalue weighted by atomic mass is 10.0. The fourth-order valence-electron chi connectivity index (χ4n) is 2.43. The van der Waals surface area contributed by atoms with Crippen LogP contribution in [0.15, 0.2) is 36.5 Å². The largest absolute Gasteiger partial charge is 0.383 e. The van der Waals surface area contributed by atoms with Crippen LogP contribution in [0.4, 0.5) is 0 Å². The van der Waals surface area contributed by atoms with E-state index in [9.17, 15) is 0 Å². The number of hydrogen-bond donors (Lipinski definition) is 1. The third-order valence-electron chi connectivity index (χ3n) is 3.67. The third kappa shape index (κ3) is 3.78. The molecule has 1 aromatic carbocycles. The molecule has 0 saturated carbocycles. The predicted octanol–water partition coefficient (Wildman–Crippen LogP) is 3.04. The summed E-state index contributed by atoms with van der Waals surface area (Å²) in [6.07, 6.45) is 2.85. The van der Waals surface area contributed by atoms with Gasteiger partial charge in [-0.05, 0) is 30.5 Å². The fourth-order valence-corrected chi connectivity index (χ4v) is 2.43. The van der Waals surface area contributed by atoms with Gasteiger partial charge in [-0.25, -0.2) is 0 Å². The standard InChI is InChI=1S/C17H24N2O/c1-13(2)16(12-20-3)18-11-9-15-7-4-6-14-8-5-10-19-17(14)15/h4-8,10,13,16,18H,9,11-12H2,1-3H3. The van der Waals surface area contributed by atoms with E-state index in [2.05, 4.69) is 48.4 Å². The van der Waals surface area contributed by atoms with Gasteiger partial charge in [-0.15, -0.1) is 0 Å². The molecule has 0 aliphatic heterocycles. The van der Waals surface area contributed by atoms with Gasteiger partial charge in [-0.2, -0.15) is 0 Å². The number of fused-ring (bicyclic) bond motifs is 1. The molecule has 3 nitrogen and oxygen atoms in total. The summed E-state index contributed by atoms with van der Waals surface area (Å²) in [5, 5.41) is 4.79. The van der Waals surface area contributed by atoms with Crippen LogP contribution >= 0.6 is 0 Å². The number of nitrogens with zero attached hydrogens (tertiary/aromatic N) is 1. The molecular weight excluding hydrogens is 248 g/mol. The van der Waals surface area contributed by atoms with Gasteiger partial charge in [0.2, 0.25) is 0 Å². The molecule has 0 bridgehead atoms. The Bertz CT molecular complexity index is 534. The number of hydrogen-bond acceptors (Lipinski definition) is 3. The van der Waals surface area contributed by atoms with Crippen LogP contribution in [0.1, 0.15) is 19.4 Å². The van der Waals surface area contributed by atoms with Gasteiger partial charge in [0.05, 0.1) is 12.1 Å². The smallest absolute Gasteiger partial charge is 0.0734 e. The van der Waals surface area contributed by atoms with Crippen LogP contribution in [-0.4, -0.2) is 31.3 Å². The van der Waals surface area contributed by atoms with Crippen molar-refractivity contribution in [3.05, 3.63) is 42.1 Å². The van der Waals surface area contributed by atoms with Crippen molar-refractivity contribution in [2.45, 2.75) is 26.3 Å². The van der Waals surface area contributed by atoms with Crippen molar-refractivity contribution < 1.29 is 4.74 Å². The maximum Gasteiger partial charge on any atom is 0.0734 e. The minimum Gasteiger partial charge on any atom is -0.383 e. The second-order valence-corrected chi connectivity index (χ2v) is 5.50. The molecule has 0 aliphatic carbocycles. The van der Waals surface area contributed by atoms with Gasteiger partial charge in [-0.3, -0.25) is 4.98 Å². The summed E-state index contributed by atoms with van der Waals surface area (Å²) >= 11 is 0. The van der Waals surface area contributed by atoms with Crippen LogP contribution < -0.4 is 5.32 Å². The van der Waals surface area contributed by atoms with E-state index in [1.165, 1.54) is 10.9 Å². The highest BCUT2D eigenvalue weighted by molar-refractivity contribution is 5.81. The molecule has 0 saturated heterocycles. The van der Waals surface area contributed by atoms with Gasteiger partial charge < -0.3 is 10.1 Å². The van der Waals surface area contributed by atoms with E-state index < -0.39 is 0 Å². The monoisotopic (exact) mass is 272 g/mol. The lowest BCUT2D eigenvalue weighted by molar-refractivity contribution is 0.147. The Kier molecular flexibility index (Phi) is 5.50. The average molecular weight is 272 g/mol. The van der Waals surface area contributed by atoms with Crippen LogP contribution in [0, 0.1) is 5.92 Å². The Hall–Kier alpha value is -1.45. The molecule has 0 radical (unpaired) electrons. The van der Waals surface area contributed by atoms with E-state index in [0.29, 0.717) is 12.0 Å². The van der Waals surface area contributed by atoms with Crippen molar-refractivity contribution in [1.29, 1.82) is 0 Å². The van der Waals surface area contributed by atoms with Gasteiger partial charge in [0, 0.05) is 24.7 Å². The highest BCUT2D eigenvalue weighted by Gasteiger charge is 2.12. The topological polar surface area (TPSA) is 34.1 Å². The van der Waals surface area contributed by atoms with E-state index in [-0.39, 0.29) is 0 Å². The molecule has 3 heteroatoms. The van der Waals surface area contributed by atoms with E-state index in [1.54, 1.807) is 7.11 Å². The molecule has 2 aromatic rings. The second-order valence-electron chi connectivity index (χ2n) is 5.50. The molecule has 2 rings (SSSR count). The first kappa shape index (κ1) is 14.9. The summed E-state index contributed by atoms with van der Waals surface area (Å²) < 4.78 is 5.26. The van der Waals surface area contributed by atoms with Crippen molar-refractivity contribution in [2.24, 2.45) is 5.92 Å². The molecule has 0 spiro atoms. The molecule has 20 heavy (non-hydrogen) atoms. The van der Waals surface area contributed by atoms with E-state index in [1.807, 2.05) is 12.3 Å². The molecule has 0 amide bonds. The van der Waals surface area contributed by atoms with Crippen LogP contribution in [0.25, 0.3) is 10.9 Å². The van der Waals surface area contributed by atoms with Gasteiger partial charge in [0.1, 0.15) is 0 Å². The Balaban J connectivity index is 1.99. The van der Waals surface area contributed by atoms with Crippen LogP contribution in [0.2, 0.25) is 0 Å². The highest BCUT2D eigenvalue weighted by Crippen LogP contribution is 2.16. The second kappa shape index (κ2) is 7.36. The van der Waals surface area contributed by atoms with Crippen LogP contribution in [0.5, 0.6) is 0 Å². The maximum absolute atomic E-state index is 5.26. The summed E-state index contributed by atoms with van der Waals surface area (Å²) in [5.74, 6) is 0.570. The summed E-state index contributed by atoms with van der Waals surface area (Å²) in [6.45, 7) is 6.14. The lowest BCUT2D eigenvalue weighted by Gasteiger charge is -2.21. The Labute approximate surface area is 121 Å². The normalized spacial score (nSPS) is 13.0. The predicted molar refractivity (Wildman–Crippen MR) is 84.0 cm³/mol. The minimum absolute atomic E-state index is 0.405. The summed E-state index contributed by atoms with van der Waals surface area (Å²) in [4.78, 5) is 4.50. The number of pyridine rings is 1. The number of rotatable bonds is 7. The maximum atomic E-state index is 5.26. The minimum atomic E-state index is 0.405. The van der Waals surface area contributed by atoms with Crippen molar-refractivity contribution >= 4 is 10.9 Å². The number of nitrogens with one attached hydrogen (secondary N) is 1. The van der Waals surface area contributed by atoms with E-state index in [4.69, 9.17) is 4.74 Å². The first-order valence-corrected chi connectivity index (χ1v) is 7.27. The number of aromatic nitrogens is 1. The zero-order valence-electron chi connectivity index (χ0n) is 12.6. The summed E-state index contributed by atoms with van der Waals surface area (Å²) in [6, 6.07) is 10.9. The van der Waals surface area contributed by atoms with Crippen molar-refractivity contribution in [2.75, 3.05) is 20.3 Å². The fraction of sp³-hybridized carbons (Fsp3) is 0.471. The van der Waals surface area contributed by atoms with Gasteiger partial charge in [-0.1, -0.05) is 38.1 Å². The Morgan fingerprint density at radius 1 is 1.20 bits per heavy atom. The molecule has 1 atom stereocenters. The molecule has 1 N–H and O–H groups in total. The van der Waals surface area contributed by atoms with Crippen LogP contribution in [-0.2, 0) is 11.2 Å². The van der Waals surface area contributed by atoms with Crippen molar-refractivity contribution in [3.8, 4) is 0 Å². The number of para-hydroxylation sites is 1. The quantitative estimate of drug-likeness (QED) is 0.841. The Morgan fingerprint density at radius 3 is 2.75 bits per heavy atom. The molecule has 1 unspecified atom stereocenters. The first-order valence-electron chi connectivity index (χ1n) is 7.27. The Morgan fingerprint density at radius 2 is 2.00 bits per heavy atom. The SMILES string of the molecule is COCC(NCCc1cccc2cccnc12)C(C)C. The zero-order chi connectivity index (χ0) is 14.4. The van der Waals surface area contributed by atoms with Crippen LogP contribution in [0.3, 0.4) is 0 Å². The number of benzene rings is 1. The van der Waals surface area contributed by atoms with Gasteiger partial charge >= 0.3 is 0 Å². The van der Waals surface area contributed by atoms with Gasteiger partial charge in [0.25, 0.3) is 0 Å². The summed E-state index contributed by atoms with van der Waals surface area (Å²) in [7, 11) is 1.76. The molecule has 0 aliphatic rings. The first-order chi connectivity index (χ1) is 9.72. The van der Waals surface area contributed by atoms with E-state index in [0.717, 1.165) is 25.1 Å². The molecule has 1 aromatic heterocycles. The van der Waals surface area contributed by atoms with Gasteiger partial charge in [0.15, 0.2) is 0 Å². The lowest BCUT2D eigenvalue weighted by Crippen LogP contribution is -2.38. The molecule has 108 valence electrons. The van der Waals surface area contributed by atoms with Crippen molar-refractivity contribution in [3.63, 3.8) is 0 Å². The zero-order valence-corrected chi connectivity index (χ0v) is 12.6. The third-order valence-corrected chi connectivity index (χ3v) is 3.67. The average Bonchev–Trinajstić information content (AvgIpc) is 2.46.